The lowest BCUT2D eigenvalue weighted by Crippen LogP contribution is -2.09. The van der Waals surface area contributed by atoms with Crippen LogP contribution in [0.25, 0.3) is 88.0 Å². The van der Waals surface area contributed by atoms with Gasteiger partial charge in [-0.3, -0.25) is 0 Å². The molecular weight excluding hydrogens is 697 g/mol. The van der Waals surface area contributed by atoms with Crippen LogP contribution >= 0.6 is 0 Å². The van der Waals surface area contributed by atoms with Gasteiger partial charge in [0, 0.05) is 0 Å². The van der Waals surface area contributed by atoms with Crippen LogP contribution in [-0.2, 0) is 12.8 Å². The molecule has 0 atom stereocenters. The van der Waals surface area contributed by atoms with Crippen molar-refractivity contribution in [3.05, 3.63) is 193 Å². The van der Waals surface area contributed by atoms with Gasteiger partial charge < -0.3 is 0 Å². The molecule has 0 unspecified atom stereocenters. The molecule has 0 bridgehead atoms. The van der Waals surface area contributed by atoms with E-state index in [1.54, 1.807) is 0 Å². The average molecular weight is 749 g/mol. The molecular formula is C58H52. The standard InChI is InChI=1S/C58H52/c1-57(2,3)37-39-13-11-15-45(31-39)49-33-48(34-50(35-49)46-16-12-14-40(32-46)38-58(4,5)6)44-27-23-42(24-28-44)41-21-25-43(26-22-41)47-29-30-55-53-19-8-7-17-51(53)52-18-9-10-20-54(52)56(55)36-47/h7-36H,37-38H2,1-6H3. The topological polar surface area (TPSA) is 0 Å². The van der Waals surface area contributed by atoms with Gasteiger partial charge in [0.05, 0.1) is 0 Å². The molecule has 0 spiro atoms. The van der Waals surface area contributed by atoms with Crippen LogP contribution < -0.4 is 0 Å². The first-order valence-corrected chi connectivity index (χ1v) is 20.8. The molecule has 0 N–H and O–H groups in total. The SMILES string of the molecule is CC(C)(C)Cc1cccc(-c2cc(-c3ccc(-c4ccc(-c5ccc6c7ccccc7c7ccccc7c6c5)cc4)cc3)cc(-c3cccc(CC(C)(C)C)c3)c2)c1. The van der Waals surface area contributed by atoms with Crippen molar-refractivity contribution in [1.29, 1.82) is 0 Å². The smallest absolute Gasteiger partial charge is 0.00928 e. The number of fused-ring (bicyclic) bond motifs is 6. The van der Waals surface area contributed by atoms with E-state index in [2.05, 4.69) is 224 Å². The van der Waals surface area contributed by atoms with Crippen molar-refractivity contribution in [3.63, 3.8) is 0 Å². The van der Waals surface area contributed by atoms with E-state index in [9.17, 15) is 0 Å². The molecule has 284 valence electrons. The highest BCUT2D eigenvalue weighted by Gasteiger charge is 2.16. The summed E-state index contributed by atoms with van der Waals surface area (Å²) in [6.45, 7) is 13.9. The molecule has 9 aromatic carbocycles. The van der Waals surface area contributed by atoms with Crippen LogP contribution in [0.15, 0.2) is 182 Å². The largest absolute Gasteiger partial charge is 0.0616 e. The Hall–Kier alpha value is -6.24. The molecule has 0 aromatic heterocycles. The summed E-state index contributed by atoms with van der Waals surface area (Å²) in [5, 5.41) is 7.82. The first-order valence-electron chi connectivity index (χ1n) is 20.8. The molecule has 0 radical (unpaired) electrons. The Bertz CT molecular complexity index is 2810. The predicted molar refractivity (Wildman–Crippen MR) is 252 cm³/mol. The Morgan fingerprint density at radius 1 is 0.241 bits per heavy atom. The summed E-state index contributed by atoms with van der Waals surface area (Å²) in [5.41, 5.74) is 15.6. The van der Waals surface area contributed by atoms with Gasteiger partial charge in [-0.1, -0.05) is 199 Å². The molecule has 0 saturated heterocycles. The van der Waals surface area contributed by atoms with E-state index in [4.69, 9.17) is 0 Å². The van der Waals surface area contributed by atoms with E-state index in [0.717, 1.165) is 12.8 Å². The Labute approximate surface area is 344 Å². The van der Waals surface area contributed by atoms with Crippen LogP contribution in [-0.4, -0.2) is 0 Å². The lowest BCUT2D eigenvalue weighted by Gasteiger charge is -2.19. The highest BCUT2D eigenvalue weighted by Crippen LogP contribution is 2.39. The number of hydrogen-bond acceptors (Lipinski definition) is 0. The van der Waals surface area contributed by atoms with Crippen LogP contribution in [0.3, 0.4) is 0 Å². The molecule has 0 aliphatic heterocycles. The summed E-state index contributed by atoms with van der Waals surface area (Å²) in [6, 6.07) is 68.1. The van der Waals surface area contributed by atoms with Crippen LogP contribution in [0.1, 0.15) is 52.7 Å². The fourth-order valence-electron chi connectivity index (χ4n) is 8.87. The molecule has 9 rings (SSSR count). The Morgan fingerprint density at radius 2 is 0.552 bits per heavy atom. The number of rotatable bonds is 7. The molecule has 0 amide bonds. The van der Waals surface area contributed by atoms with Gasteiger partial charge in [0.2, 0.25) is 0 Å². The van der Waals surface area contributed by atoms with Gasteiger partial charge in [-0.05, 0) is 147 Å². The maximum absolute atomic E-state index is 2.39. The lowest BCUT2D eigenvalue weighted by atomic mass is 9.86. The maximum Gasteiger partial charge on any atom is -0.00928 e. The molecule has 0 heterocycles. The van der Waals surface area contributed by atoms with Crippen LogP contribution in [0.4, 0.5) is 0 Å². The van der Waals surface area contributed by atoms with Crippen LogP contribution in [0, 0.1) is 10.8 Å². The summed E-state index contributed by atoms with van der Waals surface area (Å²) in [7, 11) is 0. The van der Waals surface area contributed by atoms with Gasteiger partial charge in [-0.2, -0.15) is 0 Å². The zero-order chi connectivity index (χ0) is 40.0. The van der Waals surface area contributed by atoms with Crippen molar-refractivity contribution in [2.45, 2.75) is 54.4 Å². The molecule has 0 nitrogen and oxygen atoms in total. The zero-order valence-corrected chi connectivity index (χ0v) is 34.7. The predicted octanol–water partition coefficient (Wildman–Crippen LogP) is 16.7. The normalized spacial score (nSPS) is 12.1. The molecule has 0 heteroatoms. The first-order chi connectivity index (χ1) is 27.9. The molecule has 0 saturated carbocycles. The average Bonchev–Trinajstić information content (AvgIpc) is 3.22. The highest BCUT2D eigenvalue weighted by atomic mass is 14.2. The van der Waals surface area contributed by atoms with Crippen LogP contribution in [0.5, 0.6) is 0 Å². The van der Waals surface area contributed by atoms with Crippen molar-refractivity contribution in [3.8, 4) is 55.6 Å². The fourth-order valence-corrected chi connectivity index (χ4v) is 8.87. The van der Waals surface area contributed by atoms with Crippen molar-refractivity contribution >= 4 is 32.3 Å². The number of hydrogen-bond donors (Lipinski definition) is 0. The third kappa shape index (κ3) is 7.85. The Kier molecular flexibility index (Phi) is 9.61. The van der Waals surface area contributed by atoms with Gasteiger partial charge in [-0.15, -0.1) is 0 Å². The van der Waals surface area contributed by atoms with Gasteiger partial charge in [0.15, 0.2) is 0 Å². The van der Waals surface area contributed by atoms with E-state index < -0.39 is 0 Å². The van der Waals surface area contributed by atoms with Crippen LogP contribution in [0.2, 0.25) is 0 Å². The third-order valence-electron chi connectivity index (χ3n) is 11.4. The molecule has 0 aliphatic carbocycles. The minimum atomic E-state index is 0.225. The number of benzene rings is 9. The third-order valence-corrected chi connectivity index (χ3v) is 11.4. The second-order valence-corrected chi connectivity index (χ2v) is 18.7. The van der Waals surface area contributed by atoms with E-state index in [0.29, 0.717) is 0 Å². The summed E-state index contributed by atoms with van der Waals surface area (Å²) < 4.78 is 0. The monoisotopic (exact) mass is 748 g/mol. The summed E-state index contributed by atoms with van der Waals surface area (Å²) in [6.07, 6.45) is 2.09. The second-order valence-electron chi connectivity index (χ2n) is 18.7. The van der Waals surface area contributed by atoms with E-state index in [1.165, 1.54) is 99.1 Å². The van der Waals surface area contributed by atoms with E-state index in [-0.39, 0.29) is 10.8 Å². The Morgan fingerprint density at radius 3 is 0.966 bits per heavy atom. The zero-order valence-electron chi connectivity index (χ0n) is 34.7. The Balaban J connectivity index is 1.05. The van der Waals surface area contributed by atoms with Crippen molar-refractivity contribution in [2.75, 3.05) is 0 Å². The van der Waals surface area contributed by atoms with Gasteiger partial charge >= 0.3 is 0 Å². The molecule has 58 heavy (non-hydrogen) atoms. The molecule has 0 aliphatic rings. The van der Waals surface area contributed by atoms with E-state index in [1.807, 2.05) is 0 Å². The minimum Gasteiger partial charge on any atom is -0.0616 e. The highest BCUT2D eigenvalue weighted by molar-refractivity contribution is 6.25. The van der Waals surface area contributed by atoms with Crippen molar-refractivity contribution < 1.29 is 0 Å². The summed E-state index contributed by atoms with van der Waals surface area (Å²) >= 11 is 0. The first kappa shape index (κ1) is 37.3. The molecule has 0 fully saturated rings. The molecule has 9 aromatic rings. The fraction of sp³-hybridized carbons (Fsp3) is 0.172. The van der Waals surface area contributed by atoms with Crippen molar-refractivity contribution in [1.82, 2.24) is 0 Å². The summed E-state index contributed by atoms with van der Waals surface area (Å²) in [5.74, 6) is 0. The summed E-state index contributed by atoms with van der Waals surface area (Å²) in [4.78, 5) is 0. The van der Waals surface area contributed by atoms with Gasteiger partial charge in [0.1, 0.15) is 0 Å². The van der Waals surface area contributed by atoms with Gasteiger partial charge in [-0.25, -0.2) is 0 Å². The van der Waals surface area contributed by atoms with Crippen molar-refractivity contribution in [2.24, 2.45) is 10.8 Å². The van der Waals surface area contributed by atoms with Gasteiger partial charge in [0.25, 0.3) is 0 Å². The van der Waals surface area contributed by atoms with E-state index >= 15 is 0 Å². The maximum atomic E-state index is 2.39. The lowest BCUT2D eigenvalue weighted by molar-refractivity contribution is 0.411. The second kappa shape index (κ2) is 14.9. The minimum absolute atomic E-state index is 0.225. The quantitative estimate of drug-likeness (QED) is 0.142.